The summed E-state index contributed by atoms with van der Waals surface area (Å²) in [6.45, 7) is 7.10. The van der Waals surface area contributed by atoms with Gasteiger partial charge in [-0.1, -0.05) is 13.8 Å². The van der Waals surface area contributed by atoms with Crippen LogP contribution in [0.5, 0.6) is 5.75 Å². The van der Waals surface area contributed by atoms with E-state index in [9.17, 15) is 19.7 Å². The number of hydrogen-bond acceptors (Lipinski definition) is 9. The van der Waals surface area contributed by atoms with Crippen LogP contribution in [0.3, 0.4) is 0 Å². The molecule has 13 nitrogen and oxygen atoms in total. The number of carbonyl (C=O) groups excluding carboxylic acids is 2. The largest absolute Gasteiger partial charge is 0.494 e. The Morgan fingerprint density at radius 2 is 1.67 bits per heavy atom. The summed E-state index contributed by atoms with van der Waals surface area (Å²) in [5.74, 6) is -0.455. The third kappa shape index (κ3) is 7.50. The lowest BCUT2D eigenvalue weighted by molar-refractivity contribution is -0.757. The van der Waals surface area contributed by atoms with E-state index < -0.39 is 22.0 Å². The predicted octanol–water partition coefficient (Wildman–Crippen LogP) is 1.25. The van der Waals surface area contributed by atoms with Gasteiger partial charge in [0.05, 0.1) is 24.3 Å². The van der Waals surface area contributed by atoms with Gasteiger partial charge in [-0.2, -0.15) is 0 Å². The maximum atomic E-state index is 12.3. The van der Waals surface area contributed by atoms with Crippen LogP contribution in [0.15, 0.2) is 18.2 Å². The van der Waals surface area contributed by atoms with Gasteiger partial charge in [-0.25, -0.2) is 0 Å². The maximum absolute atomic E-state index is 12.3. The van der Waals surface area contributed by atoms with Crippen LogP contribution in [0.4, 0.5) is 0 Å². The highest BCUT2D eigenvalue weighted by atomic mass is 16.9. The van der Waals surface area contributed by atoms with Crippen LogP contribution < -0.4 is 4.74 Å². The van der Waals surface area contributed by atoms with E-state index in [1.165, 1.54) is 0 Å². The Morgan fingerprint density at radius 3 is 2.23 bits per heavy atom. The van der Waals surface area contributed by atoms with Gasteiger partial charge < -0.3 is 19.7 Å². The molecule has 166 valence electrons. The number of rotatable bonds is 11. The Balaban J connectivity index is 0.00000103. The van der Waals surface area contributed by atoms with Crippen LogP contribution in [0, 0.1) is 20.2 Å². The second-order valence-electron chi connectivity index (χ2n) is 5.99. The molecule has 0 unspecified atom stereocenters. The van der Waals surface area contributed by atoms with Crippen molar-refractivity contribution in [2.75, 3.05) is 39.4 Å². The van der Waals surface area contributed by atoms with E-state index in [4.69, 9.17) is 20.1 Å². The number of benzene rings is 1. The van der Waals surface area contributed by atoms with Crippen molar-refractivity contribution in [2.45, 2.75) is 20.3 Å². The summed E-state index contributed by atoms with van der Waals surface area (Å²) in [6, 6.07) is 4.74. The molecule has 1 N–H and O–H groups in total. The van der Waals surface area contributed by atoms with Gasteiger partial charge in [0, 0.05) is 6.54 Å². The number of amides is 2. The van der Waals surface area contributed by atoms with E-state index in [0.29, 0.717) is 12.4 Å². The molecule has 30 heavy (non-hydrogen) atoms. The molecule has 13 heteroatoms. The van der Waals surface area contributed by atoms with Crippen molar-refractivity contribution in [3.05, 3.63) is 49.6 Å². The molecule has 1 aromatic carbocycles. The van der Waals surface area contributed by atoms with Crippen LogP contribution in [0.1, 0.15) is 41.0 Å². The Labute approximate surface area is 172 Å². The van der Waals surface area contributed by atoms with Crippen LogP contribution in [0.25, 0.3) is 0 Å². The SMILES string of the molecule is CCN(CC)CCCOc1ccc2c(c1)C(=O)N(CCO[N+](=O)[O-])C2=O.O=[N+]([O-])O. The number of hydrogen-bond donors (Lipinski definition) is 1. The van der Waals surface area contributed by atoms with Gasteiger partial charge in [-0.15, -0.1) is 20.2 Å². The van der Waals surface area contributed by atoms with E-state index in [1.54, 1.807) is 18.2 Å². The molecule has 0 aliphatic carbocycles. The van der Waals surface area contributed by atoms with E-state index in [-0.39, 0.29) is 24.3 Å². The third-order valence-electron chi connectivity index (χ3n) is 4.24. The second-order valence-corrected chi connectivity index (χ2v) is 5.99. The number of nitrogens with zero attached hydrogens (tertiary/aromatic N) is 4. The van der Waals surface area contributed by atoms with Gasteiger partial charge in [0.25, 0.3) is 22.0 Å². The number of carbonyl (C=O) groups is 2. The Bertz CT molecular complexity index is 764. The second kappa shape index (κ2) is 12.2. The molecule has 1 aliphatic heterocycles. The fourth-order valence-electron chi connectivity index (χ4n) is 2.79. The van der Waals surface area contributed by atoms with E-state index in [1.807, 2.05) is 0 Å². The molecule has 2 amide bonds. The van der Waals surface area contributed by atoms with Crippen molar-refractivity contribution in [1.82, 2.24) is 9.80 Å². The molecule has 0 radical (unpaired) electrons. The molecule has 0 saturated carbocycles. The zero-order valence-corrected chi connectivity index (χ0v) is 16.7. The zero-order chi connectivity index (χ0) is 22.7. The highest BCUT2D eigenvalue weighted by molar-refractivity contribution is 6.21. The summed E-state index contributed by atoms with van der Waals surface area (Å²) in [5.41, 5.74) is 0.518. The van der Waals surface area contributed by atoms with Gasteiger partial charge in [0.2, 0.25) is 0 Å². The minimum absolute atomic E-state index is 0.173. The van der Waals surface area contributed by atoms with E-state index in [0.717, 1.165) is 31.0 Å². The molecular weight excluding hydrogens is 404 g/mol. The molecule has 0 spiro atoms. The predicted molar refractivity (Wildman–Crippen MR) is 101 cm³/mol. The lowest BCUT2D eigenvalue weighted by Crippen LogP contribution is -2.33. The van der Waals surface area contributed by atoms with Crippen LogP contribution in [0.2, 0.25) is 0 Å². The first-order valence-electron chi connectivity index (χ1n) is 9.17. The first-order valence-corrected chi connectivity index (χ1v) is 9.17. The lowest BCUT2D eigenvalue weighted by Gasteiger charge is -2.17. The highest BCUT2D eigenvalue weighted by Gasteiger charge is 2.35. The molecule has 1 heterocycles. The smallest absolute Gasteiger partial charge is 0.294 e. The van der Waals surface area contributed by atoms with Gasteiger partial charge in [0.15, 0.2) is 0 Å². The Morgan fingerprint density at radius 1 is 1.07 bits per heavy atom. The minimum Gasteiger partial charge on any atom is -0.494 e. The van der Waals surface area contributed by atoms with Crippen molar-refractivity contribution in [3.8, 4) is 5.75 Å². The molecule has 0 fully saturated rings. The summed E-state index contributed by atoms with van der Waals surface area (Å²) in [4.78, 5) is 50.5. The fourth-order valence-corrected chi connectivity index (χ4v) is 2.79. The fraction of sp³-hybridized carbons (Fsp3) is 0.529. The van der Waals surface area contributed by atoms with Crippen LogP contribution in [-0.4, -0.2) is 76.4 Å². The monoisotopic (exact) mass is 428 g/mol. The quantitative estimate of drug-likeness (QED) is 0.234. The topological polar surface area (TPSA) is 166 Å². The summed E-state index contributed by atoms with van der Waals surface area (Å²) in [5, 5.41) is 22.9. The van der Waals surface area contributed by atoms with Gasteiger partial charge in [-0.05, 0) is 37.7 Å². The molecule has 0 bridgehead atoms. The zero-order valence-electron chi connectivity index (χ0n) is 16.7. The Hall–Kier alpha value is -3.48. The number of fused-ring (bicyclic) bond motifs is 1. The molecular formula is C17H24N4O9. The van der Waals surface area contributed by atoms with E-state index in [2.05, 4.69) is 23.6 Å². The van der Waals surface area contributed by atoms with Crippen molar-refractivity contribution in [3.63, 3.8) is 0 Å². The van der Waals surface area contributed by atoms with Crippen molar-refractivity contribution in [1.29, 1.82) is 0 Å². The average Bonchev–Trinajstić information content (AvgIpc) is 2.92. The Kier molecular flexibility index (Phi) is 9.96. The van der Waals surface area contributed by atoms with Crippen LogP contribution >= 0.6 is 0 Å². The molecule has 0 atom stereocenters. The van der Waals surface area contributed by atoms with Gasteiger partial charge in [-0.3, -0.25) is 14.5 Å². The first kappa shape index (κ1) is 24.6. The average molecular weight is 428 g/mol. The summed E-state index contributed by atoms with van der Waals surface area (Å²) in [7, 11) is 0. The minimum atomic E-state index is -1.50. The normalized spacial score (nSPS) is 12.3. The highest BCUT2D eigenvalue weighted by Crippen LogP contribution is 2.26. The number of ether oxygens (including phenoxy) is 1. The standard InChI is InChI=1S/C17H23N3O6.HNO3/c1-3-18(4-2)8-5-10-25-13-6-7-14-15(12-13)17(22)19(16(14)21)9-11-26-20(23)24;2-1(3)4/h6-7,12H,3-5,8-11H2,1-2H3;(H,2,3,4). The third-order valence-corrected chi connectivity index (χ3v) is 4.24. The van der Waals surface area contributed by atoms with Gasteiger partial charge in [0.1, 0.15) is 12.4 Å². The summed E-state index contributed by atoms with van der Waals surface area (Å²) in [6.07, 6.45) is 0.857. The number of imide groups is 1. The summed E-state index contributed by atoms with van der Waals surface area (Å²) >= 11 is 0. The molecule has 1 aromatic rings. The molecule has 2 rings (SSSR count). The molecule has 0 saturated heterocycles. The maximum Gasteiger partial charge on any atom is 0.294 e. The van der Waals surface area contributed by atoms with Gasteiger partial charge >= 0.3 is 0 Å². The lowest BCUT2D eigenvalue weighted by atomic mass is 10.1. The van der Waals surface area contributed by atoms with Crippen molar-refractivity contribution >= 4 is 11.8 Å². The summed E-state index contributed by atoms with van der Waals surface area (Å²) < 4.78 is 5.68. The van der Waals surface area contributed by atoms with Crippen molar-refractivity contribution < 1.29 is 34.5 Å². The molecule has 1 aliphatic rings. The molecule has 0 aromatic heterocycles. The first-order chi connectivity index (χ1) is 14.2. The van der Waals surface area contributed by atoms with Crippen LogP contribution in [-0.2, 0) is 4.84 Å². The van der Waals surface area contributed by atoms with Crippen molar-refractivity contribution in [2.24, 2.45) is 0 Å². The van der Waals surface area contributed by atoms with E-state index >= 15 is 0 Å².